The molecule has 2 nitrogen and oxygen atoms in total. The van der Waals surface area contributed by atoms with Gasteiger partial charge >= 0.3 is 6.18 Å². The van der Waals surface area contributed by atoms with Crippen LogP contribution in [0.2, 0.25) is 0 Å². The van der Waals surface area contributed by atoms with Crippen LogP contribution in [0, 0.1) is 5.92 Å². The molecule has 108 valence electrons. The van der Waals surface area contributed by atoms with E-state index in [1.807, 2.05) is 6.92 Å². The number of carbonyl (C=O) groups is 1. The van der Waals surface area contributed by atoms with E-state index in [0.717, 1.165) is 18.9 Å². The van der Waals surface area contributed by atoms with E-state index >= 15 is 0 Å². The lowest BCUT2D eigenvalue weighted by Gasteiger charge is -2.24. The number of halogens is 4. The van der Waals surface area contributed by atoms with Gasteiger partial charge in [-0.25, -0.2) is 0 Å². The Hall–Kier alpha value is -1.04. The number of nitrogens with zero attached hydrogens (tertiary/aromatic N) is 1. The Morgan fingerprint density at radius 3 is 2.55 bits per heavy atom. The molecule has 1 fully saturated rings. The summed E-state index contributed by atoms with van der Waals surface area (Å²) < 4.78 is 39.7. The van der Waals surface area contributed by atoms with Crippen molar-refractivity contribution in [1.29, 1.82) is 0 Å². The fourth-order valence-electron chi connectivity index (χ4n) is 2.83. The largest absolute Gasteiger partial charge is 0.417 e. The zero-order valence-corrected chi connectivity index (χ0v) is 12.4. The molecule has 3 rings (SSSR count). The third kappa shape index (κ3) is 2.24. The molecule has 20 heavy (non-hydrogen) atoms. The number of hydrogen-bond donors (Lipinski definition) is 0. The summed E-state index contributed by atoms with van der Waals surface area (Å²) in [5.41, 5.74) is -0.547. The van der Waals surface area contributed by atoms with Crippen LogP contribution in [0.5, 0.6) is 0 Å². The molecule has 0 N–H and O–H groups in total. The van der Waals surface area contributed by atoms with Crippen molar-refractivity contribution in [3.8, 4) is 0 Å². The first-order chi connectivity index (χ1) is 9.29. The second-order valence-corrected chi connectivity index (χ2v) is 6.41. The quantitative estimate of drug-likeness (QED) is 0.784. The smallest absolute Gasteiger partial charge is 0.331 e. The molecule has 1 aliphatic carbocycles. The van der Waals surface area contributed by atoms with Gasteiger partial charge in [-0.3, -0.25) is 4.79 Å². The monoisotopic (exact) mass is 347 g/mol. The van der Waals surface area contributed by atoms with E-state index in [2.05, 4.69) is 15.9 Å². The molecule has 2 aliphatic rings. The van der Waals surface area contributed by atoms with Crippen LogP contribution in [0.1, 0.15) is 41.3 Å². The first-order valence-corrected chi connectivity index (χ1v) is 7.29. The maximum absolute atomic E-state index is 13.1. The highest BCUT2D eigenvalue weighted by Crippen LogP contribution is 2.42. The normalized spacial score (nSPS) is 20.2. The van der Waals surface area contributed by atoms with Gasteiger partial charge in [0.05, 0.1) is 11.1 Å². The summed E-state index contributed by atoms with van der Waals surface area (Å²) >= 11 is 3.10. The van der Waals surface area contributed by atoms with Gasteiger partial charge in [-0.15, -0.1) is 0 Å². The lowest BCUT2D eigenvalue weighted by molar-refractivity contribution is -0.138. The van der Waals surface area contributed by atoms with Crippen molar-refractivity contribution in [2.24, 2.45) is 5.92 Å². The predicted molar refractivity (Wildman–Crippen MR) is 71.2 cm³/mol. The van der Waals surface area contributed by atoms with Crippen molar-refractivity contribution in [1.82, 2.24) is 4.90 Å². The van der Waals surface area contributed by atoms with Crippen molar-refractivity contribution in [2.45, 2.75) is 38.5 Å². The van der Waals surface area contributed by atoms with E-state index in [4.69, 9.17) is 0 Å². The molecule has 0 bridgehead atoms. The molecular weight excluding hydrogens is 335 g/mol. The number of alkyl halides is 3. The number of hydrogen-bond acceptors (Lipinski definition) is 1. The van der Waals surface area contributed by atoms with Crippen molar-refractivity contribution in [3.05, 3.63) is 33.3 Å². The molecule has 1 atom stereocenters. The number of benzene rings is 1. The minimum Gasteiger partial charge on any atom is -0.331 e. The average molecular weight is 348 g/mol. The van der Waals surface area contributed by atoms with Gasteiger partial charge in [-0.1, -0.05) is 15.9 Å². The Morgan fingerprint density at radius 2 is 2.00 bits per heavy atom. The van der Waals surface area contributed by atoms with Crippen LogP contribution in [0.3, 0.4) is 0 Å². The molecule has 6 heteroatoms. The highest BCUT2D eigenvalue weighted by Gasteiger charge is 2.44. The van der Waals surface area contributed by atoms with Gasteiger partial charge in [-0.2, -0.15) is 13.2 Å². The van der Waals surface area contributed by atoms with E-state index in [1.165, 1.54) is 0 Å². The Labute approximate surface area is 123 Å². The van der Waals surface area contributed by atoms with Crippen molar-refractivity contribution >= 4 is 21.8 Å². The topological polar surface area (TPSA) is 20.3 Å². The molecular formula is C14H13BrF3NO. The van der Waals surface area contributed by atoms with Gasteiger partial charge in [0.25, 0.3) is 5.91 Å². The summed E-state index contributed by atoms with van der Waals surface area (Å²) in [5, 5.41) is 0. The molecule has 0 radical (unpaired) electrons. The molecule has 0 aromatic heterocycles. The van der Waals surface area contributed by atoms with Crippen LogP contribution < -0.4 is 0 Å². The van der Waals surface area contributed by atoms with Crippen LogP contribution in [-0.2, 0) is 12.7 Å². The molecule has 1 amide bonds. The number of fused-ring (bicyclic) bond motifs is 1. The van der Waals surface area contributed by atoms with Gasteiger partial charge in [0, 0.05) is 17.1 Å². The fraction of sp³-hybridized carbons (Fsp3) is 0.500. The van der Waals surface area contributed by atoms with Gasteiger partial charge in [0.1, 0.15) is 0 Å². The summed E-state index contributed by atoms with van der Waals surface area (Å²) in [4.78, 5) is 13.9. The van der Waals surface area contributed by atoms with Gasteiger partial charge < -0.3 is 4.90 Å². The highest BCUT2D eigenvalue weighted by molar-refractivity contribution is 9.10. The summed E-state index contributed by atoms with van der Waals surface area (Å²) in [6.07, 6.45) is -2.41. The fourth-order valence-corrected chi connectivity index (χ4v) is 3.33. The minimum absolute atomic E-state index is 0.00904. The molecule has 1 aromatic carbocycles. The first kappa shape index (κ1) is 13.9. The molecule has 1 aliphatic heterocycles. The third-order valence-electron chi connectivity index (χ3n) is 4.10. The van der Waals surface area contributed by atoms with E-state index in [9.17, 15) is 18.0 Å². The lowest BCUT2D eigenvalue weighted by atomic mass is 10.0. The molecule has 1 heterocycles. The van der Waals surface area contributed by atoms with E-state index in [1.54, 1.807) is 11.0 Å². The van der Waals surface area contributed by atoms with E-state index in [0.29, 0.717) is 16.0 Å². The van der Waals surface area contributed by atoms with Gasteiger partial charge in [0.2, 0.25) is 0 Å². The standard InChI is InChI=1S/C14H13BrF3NO/c1-7(8-2-3-8)19-6-9-4-10(15)5-11(14(16,17)18)12(9)13(19)20/h4-5,7-8H,2-3,6H2,1H3/t7-/m0/s1. The van der Waals surface area contributed by atoms with Crippen LogP contribution in [0.4, 0.5) is 13.2 Å². The van der Waals surface area contributed by atoms with Crippen molar-refractivity contribution < 1.29 is 18.0 Å². The Kier molecular flexibility index (Phi) is 3.12. The Bertz CT molecular complexity index is 581. The maximum atomic E-state index is 13.1. The zero-order valence-electron chi connectivity index (χ0n) is 10.8. The number of amides is 1. The SMILES string of the molecule is C[C@@H](C1CC1)N1Cc2cc(Br)cc(C(F)(F)F)c2C1=O. The summed E-state index contributed by atoms with van der Waals surface area (Å²) in [7, 11) is 0. The zero-order chi connectivity index (χ0) is 14.7. The van der Waals surface area contributed by atoms with Crippen LogP contribution >= 0.6 is 15.9 Å². The second kappa shape index (κ2) is 4.48. The van der Waals surface area contributed by atoms with Gasteiger partial charge in [-0.05, 0) is 43.4 Å². The van der Waals surface area contributed by atoms with E-state index in [-0.39, 0.29) is 18.2 Å². The van der Waals surface area contributed by atoms with Crippen molar-refractivity contribution in [3.63, 3.8) is 0 Å². The summed E-state index contributed by atoms with van der Waals surface area (Å²) in [6, 6.07) is 2.61. The number of rotatable bonds is 2. The minimum atomic E-state index is -4.51. The molecule has 0 spiro atoms. The maximum Gasteiger partial charge on any atom is 0.417 e. The second-order valence-electron chi connectivity index (χ2n) is 5.50. The van der Waals surface area contributed by atoms with E-state index < -0.39 is 17.6 Å². The Morgan fingerprint density at radius 1 is 1.35 bits per heavy atom. The number of carbonyl (C=O) groups excluding carboxylic acids is 1. The predicted octanol–water partition coefficient (Wildman–Crippen LogP) is 4.22. The van der Waals surface area contributed by atoms with Gasteiger partial charge in [0.15, 0.2) is 0 Å². The first-order valence-electron chi connectivity index (χ1n) is 6.49. The lowest BCUT2D eigenvalue weighted by Crippen LogP contribution is -2.35. The van der Waals surface area contributed by atoms with Crippen LogP contribution in [0.25, 0.3) is 0 Å². The molecule has 0 unspecified atom stereocenters. The van der Waals surface area contributed by atoms with Crippen LogP contribution in [0.15, 0.2) is 16.6 Å². The Balaban J connectivity index is 2.04. The average Bonchev–Trinajstić information content (AvgIpc) is 3.12. The van der Waals surface area contributed by atoms with Crippen molar-refractivity contribution in [2.75, 3.05) is 0 Å². The highest BCUT2D eigenvalue weighted by atomic mass is 79.9. The summed E-state index contributed by atoms with van der Waals surface area (Å²) in [6.45, 7) is 2.19. The molecule has 1 aromatic rings. The molecule has 0 saturated heterocycles. The third-order valence-corrected chi connectivity index (χ3v) is 4.56. The molecule has 1 saturated carbocycles. The summed E-state index contributed by atoms with van der Waals surface area (Å²) in [5.74, 6) is -0.0507. The van der Waals surface area contributed by atoms with Crippen LogP contribution in [-0.4, -0.2) is 16.8 Å².